The first-order valence-electron chi connectivity index (χ1n) is 5.30. The highest BCUT2D eigenvalue weighted by atomic mass is 32.2. The molecule has 1 aromatic rings. The molecule has 0 bridgehead atoms. The fourth-order valence-electron chi connectivity index (χ4n) is 1.45. The molecule has 0 amide bonds. The number of nitriles is 1. The summed E-state index contributed by atoms with van der Waals surface area (Å²) in [6, 6.07) is 9.52. The number of thioether (sulfide) groups is 1. The average Bonchev–Trinajstić information content (AvgIpc) is 2.78. The van der Waals surface area contributed by atoms with Crippen molar-refractivity contribution in [3.63, 3.8) is 0 Å². The molecule has 1 atom stereocenters. The van der Waals surface area contributed by atoms with E-state index in [9.17, 15) is 0 Å². The van der Waals surface area contributed by atoms with Crippen LogP contribution < -0.4 is 5.32 Å². The first kappa shape index (κ1) is 11.0. The van der Waals surface area contributed by atoms with Gasteiger partial charge >= 0.3 is 0 Å². The maximum atomic E-state index is 8.68. The van der Waals surface area contributed by atoms with E-state index in [1.165, 1.54) is 0 Å². The Morgan fingerprint density at radius 1 is 1.50 bits per heavy atom. The van der Waals surface area contributed by atoms with E-state index in [0.29, 0.717) is 10.8 Å². The van der Waals surface area contributed by atoms with E-state index < -0.39 is 0 Å². The molecule has 1 aliphatic rings. The summed E-state index contributed by atoms with van der Waals surface area (Å²) < 4.78 is 0. The lowest BCUT2D eigenvalue weighted by Gasteiger charge is -2.06. The summed E-state index contributed by atoms with van der Waals surface area (Å²) in [6.07, 6.45) is 1.15. The fourth-order valence-corrected chi connectivity index (χ4v) is 2.41. The smallest absolute Gasteiger partial charge is 0.161 e. The van der Waals surface area contributed by atoms with Crippen LogP contribution >= 0.6 is 11.8 Å². The van der Waals surface area contributed by atoms with Crippen LogP contribution in [0, 0.1) is 11.3 Å². The molecule has 0 saturated heterocycles. The normalized spacial score (nSPS) is 19.0. The number of hydrogen-bond donors (Lipinski definition) is 1. The second kappa shape index (κ2) is 5.04. The molecule has 0 fully saturated rings. The predicted molar refractivity (Wildman–Crippen MR) is 68.8 cm³/mol. The minimum atomic E-state index is 0.612. The van der Waals surface area contributed by atoms with Crippen molar-refractivity contribution in [2.45, 2.75) is 18.6 Å². The third-order valence-corrected chi connectivity index (χ3v) is 3.71. The Morgan fingerprint density at radius 2 is 2.25 bits per heavy atom. The Bertz CT molecular complexity index is 431. The van der Waals surface area contributed by atoms with E-state index in [0.717, 1.165) is 23.8 Å². The van der Waals surface area contributed by atoms with Gasteiger partial charge < -0.3 is 5.32 Å². The molecule has 2 rings (SSSR count). The molecule has 0 radical (unpaired) electrons. The maximum Gasteiger partial charge on any atom is 0.161 e. The summed E-state index contributed by atoms with van der Waals surface area (Å²) in [5.74, 6) is 0. The van der Waals surface area contributed by atoms with Gasteiger partial charge in [0.15, 0.2) is 5.17 Å². The van der Waals surface area contributed by atoms with Crippen LogP contribution in [0.3, 0.4) is 0 Å². The minimum Gasteiger partial charge on any atom is -0.335 e. The molecule has 0 saturated carbocycles. The van der Waals surface area contributed by atoms with Crippen molar-refractivity contribution >= 4 is 22.6 Å². The summed E-state index contributed by atoms with van der Waals surface area (Å²) in [6.45, 7) is 3.08. The summed E-state index contributed by atoms with van der Waals surface area (Å²) >= 11 is 1.79. The Morgan fingerprint density at radius 3 is 2.81 bits per heavy atom. The van der Waals surface area contributed by atoms with Crippen LogP contribution in [0.2, 0.25) is 0 Å². The number of hydrogen-bond acceptors (Lipinski definition) is 4. The standard InChI is InChI=1S/C12H13N3S/c1-2-11-8-14-12(16-11)15-10-5-3-9(7-13)4-6-10/h3-6,11H,2,8H2,1H3,(H,14,15). The van der Waals surface area contributed by atoms with Crippen LogP contribution in [0.5, 0.6) is 0 Å². The third kappa shape index (κ3) is 2.56. The molecule has 1 aromatic carbocycles. The van der Waals surface area contributed by atoms with E-state index in [4.69, 9.17) is 5.26 Å². The van der Waals surface area contributed by atoms with Crippen LogP contribution in [-0.2, 0) is 0 Å². The number of rotatable bonds is 2. The van der Waals surface area contributed by atoms with Gasteiger partial charge in [-0.3, -0.25) is 4.99 Å². The molecular formula is C12H13N3S. The highest BCUT2D eigenvalue weighted by Gasteiger charge is 2.17. The van der Waals surface area contributed by atoms with Crippen molar-refractivity contribution in [3.8, 4) is 6.07 Å². The predicted octanol–water partition coefficient (Wildman–Crippen LogP) is 2.85. The van der Waals surface area contributed by atoms with Crippen LogP contribution in [0.1, 0.15) is 18.9 Å². The van der Waals surface area contributed by atoms with Gasteiger partial charge in [-0.15, -0.1) is 0 Å². The topological polar surface area (TPSA) is 48.2 Å². The van der Waals surface area contributed by atoms with Crippen LogP contribution in [0.25, 0.3) is 0 Å². The molecule has 3 nitrogen and oxygen atoms in total. The zero-order valence-corrected chi connectivity index (χ0v) is 9.92. The lowest BCUT2D eigenvalue weighted by atomic mass is 10.2. The van der Waals surface area contributed by atoms with Gasteiger partial charge in [0, 0.05) is 10.9 Å². The number of aliphatic imine (C=N–C) groups is 1. The van der Waals surface area contributed by atoms with Gasteiger partial charge in [0.25, 0.3) is 0 Å². The third-order valence-electron chi connectivity index (χ3n) is 2.44. The van der Waals surface area contributed by atoms with Crippen molar-refractivity contribution in [1.29, 1.82) is 5.26 Å². The van der Waals surface area contributed by atoms with E-state index in [-0.39, 0.29) is 0 Å². The number of benzene rings is 1. The fraction of sp³-hybridized carbons (Fsp3) is 0.333. The van der Waals surface area contributed by atoms with Gasteiger partial charge in [-0.1, -0.05) is 18.7 Å². The van der Waals surface area contributed by atoms with Crippen molar-refractivity contribution in [3.05, 3.63) is 29.8 Å². The molecule has 4 heteroatoms. The molecule has 1 aliphatic heterocycles. The number of nitrogens with zero attached hydrogens (tertiary/aromatic N) is 2. The van der Waals surface area contributed by atoms with Gasteiger partial charge in [0.2, 0.25) is 0 Å². The lowest BCUT2D eigenvalue weighted by Crippen LogP contribution is -2.06. The zero-order chi connectivity index (χ0) is 11.4. The highest BCUT2D eigenvalue weighted by molar-refractivity contribution is 8.15. The first-order valence-corrected chi connectivity index (χ1v) is 6.18. The summed E-state index contributed by atoms with van der Waals surface area (Å²) in [4.78, 5) is 4.43. The molecule has 0 spiro atoms. The second-order valence-corrected chi connectivity index (χ2v) is 4.90. The van der Waals surface area contributed by atoms with Gasteiger partial charge in [0.05, 0.1) is 18.2 Å². The second-order valence-electron chi connectivity index (χ2n) is 3.61. The molecule has 16 heavy (non-hydrogen) atoms. The SMILES string of the molecule is CCC1CN=C(Nc2ccc(C#N)cc2)S1. The first-order chi connectivity index (χ1) is 7.81. The van der Waals surface area contributed by atoms with Crippen molar-refractivity contribution in [2.75, 3.05) is 11.9 Å². The molecule has 1 N–H and O–H groups in total. The maximum absolute atomic E-state index is 8.68. The molecule has 0 aliphatic carbocycles. The van der Waals surface area contributed by atoms with Crippen LogP contribution in [-0.4, -0.2) is 17.0 Å². The van der Waals surface area contributed by atoms with Crippen molar-refractivity contribution in [2.24, 2.45) is 4.99 Å². The van der Waals surface area contributed by atoms with Crippen LogP contribution in [0.4, 0.5) is 5.69 Å². The van der Waals surface area contributed by atoms with E-state index in [2.05, 4.69) is 23.3 Å². The highest BCUT2D eigenvalue weighted by Crippen LogP contribution is 2.24. The molecule has 1 heterocycles. The molecule has 82 valence electrons. The Kier molecular flexibility index (Phi) is 3.47. The largest absolute Gasteiger partial charge is 0.335 e. The quantitative estimate of drug-likeness (QED) is 0.851. The summed E-state index contributed by atoms with van der Waals surface area (Å²) in [5.41, 5.74) is 1.67. The number of nitrogens with one attached hydrogen (secondary N) is 1. The summed E-state index contributed by atoms with van der Waals surface area (Å²) in [7, 11) is 0. The summed E-state index contributed by atoms with van der Waals surface area (Å²) in [5, 5.41) is 13.5. The number of anilines is 1. The van der Waals surface area contributed by atoms with Gasteiger partial charge in [-0.2, -0.15) is 5.26 Å². The molecule has 0 aromatic heterocycles. The van der Waals surface area contributed by atoms with Gasteiger partial charge in [-0.05, 0) is 30.7 Å². The Labute approximate surface area is 99.6 Å². The van der Waals surface area contributed by atoms with Gasteiger partial charge in [-0.25, -0.2) is 0 Å². The van der Waals surface area contributed by atoms with E-state index >= 15 is 0 Å². The zero-order valence-electron chi connectivity index (χ0n) is 9.10. The number of amidine groups is 1. The van der Waals surface area contributed by atoms with Crippen molar-refractivity contribution < 1.29 is 0 Å². The Balaban J connectivity index is 1.97. The van der Waals surface area contributed by atoms with Crippen LogP contribution in [0.15, 0.2) is 29.3 Å². The molecule has 1 unspecified atom stereocenters. The van der Waals surface area contributed by atoms with E-state index in [1.54, 1.807) is 23.9 Å². The average molecular weight is 231 g/mol. The minimum absolute atomic E-state index is 0.612. The molecular weight excluding hydrogens is 218 g/mol. The Hall–Kier alpha value is -1.47. The monoisotopic (exact) mass is 231 g/mol. The van der Waals surface area contributed by atoms with Gasteiger partial charge in [0.1, 0.15) is 0 Å². The van der Waals surface area contributed by atoms with E-state index in [1.807, 2.05) is 12.1 Å². The lowest BCUT2D eigenvalue weighted by molar-refractivity contribution is 0.843. The van der Waals surface area contributed by atoms with Crippen molar-refractivity contribution in [1.82, 2.24) is 0 Å².